The number of benzene rings is 1. The van der Waals surface area contributed by atoms with Gasteiger partial charge in [-0.2, -0.15) is 0 Å². The van der Waals surface area contributed by atoms with E-state index in [0.29, 0.717) is 24.2 Å². The molecule has 1 amide bonds. The Bertz CT molecular complexity index is 680. The summed E-state index contributed by atoms with van der Waals surface area (Å²) in [6.07, 6.45) is 2.04. The van der Waals surface area contributed by atoms with Crippen LogP contribution in [0.25, 0.3) is 0 Å². The van der Waals surface area contributed by atoms with Gasteiger partial charge in [-0.3, -0.25) is 9.78 Å². The van der Waals surface area contributed by atoms with E-state index in [0.717, 1.165) is 5.69 Å². The van der Waals surface area contributed by atoms with Gasteiger partial charge in [0.25, 0.3) is 5.91 Å². The molecular formula is C18H22FN3O. The molecule has 0 saturated carbocycles. The van der Waals surface area contributed by atoms with E-state index in [2.05, 4.69) is 15.6 Å². The Hall–Kier alpha value is -2.43. The fourth-order valence-electron chi connectivity index (χ4n) is 2.17. The third kappa shape index (κ3) is 5.36. The average Bonchev–Trinajstić information content (AvgIpc) is 2.47. The van der Waals surface area contributed by atoms with E-state index in [-0.39, 0.29) is 17.3 Å². The van der Waals surface area contributed by atoms with Crippen LogP contribution in [0.4, 0.5) is 10.1 Å². The molecule has 0 unspecified atom stereocenters. The Balaban J connectivity index is 1.93. The van der Waals surface area contributed by atoms with Crippen molar-refractivity contribution in [2.45, 2.75) is 32.7 Å². The van der Waals surface area contributed by atoms with E-state index in [1.54, 1.807) is 30.5 Å². The minimum absolute atomic E-state index is 0.0973. The number of anilines is 1. The predicted molar refractivity (Wildman–Crippen MR) is 90.0 cm³/mol. The number of nitrogens with zero attached hydrogens (tertiary/aromatic N) is 1. The number of halogens is 1. The number of carbonyl (C=O) groups is 1. The summed E-state index contributed by atoms with van der Waals surface area (Å²) in [6.45, 7) is 6.49. The molecule has 4 nitrogen and oxygen atoms in total. The van der Waals surface area contributed by atoms with Gasteiger partial charge in [-0.05, 0) is 51.0 Å². The fourth-order valence-corrected chi connectivity index (χ4v) is 2.17. The number of nitrogens with one attached hydrogen (secondary N) is 2. The molecule has 0 fully saturated rings. The number of hydrogen-bond acceptors (Lipinski definition) is 3. The van der Waals surface area contributed by atoms with E-state index >= 15 is 0 Å². The van der Waals surface area contributed by atoms with Crippen LogP contribution in [0.2, 0.25) is 0 Å². The molecule has 0 aliphatic rings. The highest BCUT2D eigenvalue weighted by Gasteiger charge is 2.12. The third-order valence-corrected chi connectivity index (χ3v) is 3.15. The summed E-state index contributed by atoms with van der Waals surface area (Å²) in [5, 5.41) is 6.07. The van der Waals surface area contributed by atoms with Gasteiger partial charge in [0.05, 0.1) is 0 Å². The summed E-state index contributed by atoms with van der Waals surface area (Å²) < 4.78 is 13.5. The van der Waals surface area contributed by atoms with Crippen LogP contribution in [0.5, 0.6) is 0 Å². The zero-order chi connectivity index (χ0) is 16.9. The maximum Gasteiger partial charge on any atom is 0.269 e. The van der Waals surface area contributed by atoms with Crippen molar-refractivity contribution in [3.8, 4) is 0 Å². The van der Waals surface area contributed by atoms with Crippen molar-refractivity contribution in [3.05, 3.63) is 59.7 Å². The van der Waals surface area contributed by atoms with E-state index in [1.165, 1.54) is 6.07 Å². The molecule has 1 aromatic carbocycles. The molecule has 1 aromatic heterocycles. The number of pyridine rings is 1. The van der Waals surface area contributed by atoms with Crippen LogP contribution >= 0.6 is 0 Å². The Morgan fingerprint density at radius 3 is 2.65 bits per heavy atom. The smallest absolute Gasteiger partial charge is 0.269 e. The van der Waals surface area contributed by atoms with E-state index in [4.69, 9.17) is 0 Å². The van der Waals surface area contributed by atoms with Crippen molar-refractivity contribution in [3.63, 3.8) is 0 Å². The lowest BCUT2D eigenvalue weighted by molar-refractivity contribution is 0.0949. The lowest BCUT2D eigenvalue weighted by Crippen LogP contribution is -2.28. The Morgan fingerprint density at radius 2 is 1.96 bits per heavy atom. The molecule has 0 atom stereocenters. The Labute approximate surface area is 136 Å². The highest BCUT2D eigenvalue weighted by molar-refractivity contribution is 5.93. The van der Waals surface area contributed by atoms with E-state index < -0.39 is 0 Å². The van der Waals surface area contributed by atoms with Crippen LogP contribution in [0.1, 0.15) is 36.8 Å². The molecule has 0 spiro atoms. The van der Waals surface area contributed by atoms with E-state index in [9.17, 15) is 9.18 Å². The maximum absolute atomic E-state index is 13.5. The topological polar surface area (TPSA) is 54.0 Å². The van der Waals surface area contributed by atoms with Gasteiger partial charge in [0.1, 0.15) is 11.5 Å². The lowest BCUT2D eigenvalue weighted by atomic mass is 10.1. The molecule has 0 aliphatic heterocycles. The normalized spacial score (nSPS) is 11.1. The molecule has 122 valence electrons. The van der Waals surface area contributed by atoms with Crippen LogP contribution < -0.4 is 10.6 Å². The quantitative estimate of drug-likeness (QED) is 0.889. The number of amides is 1. The summed E-state index contributed by atoms with van der Waals surface area (Å²) in [6, 6.07) is 10.1. The molecule has 0 aliphatic carbocycles. The van der Waals surface area contributed by atoms with Gasteiger partial charge >= 0.3 is 0 Å². The molecule has 1 heterocycles. The summed E-state index contributed by atoms with van der Waals surface area (Å²) in [5.74, 6) is -0.518. The molecule has 23 heavy (non-hydrogen) atoms. The van der Waals surface area contributed by atoms with Crippen molar-refractivity contribution < 1.29 is 9.18 Å². The zero-order valence-electron chi connectivity index (χ0n) is 13.7. The van der Waals surface area contributed by atoms with Crippen LogP contribution in [-0.4, -0.2) is 23.0 Å². The molecule has 2 rings (SSSR count). The summed E-state index contributed by atoms with van der Waals surface area (Å²) in [4.78, 5) is 16.2. The Morgan fingerprint density at radius 1 is 1.22 bits per heavy atom. The highest BCUT2D eigenvalue weighted by atomic mass is 19.1. The first-order chi connectivity index (χ1) is 10.8. The van der Waals surface area contributed by atoms with Gasteiger partial charge < -0.3 is 10.6 Å². The van der Waals surface area contributed by atoms with Crippen molar-refractivity contribution >= 4 is 11.6 Å². The number of aromatic nitrogens is 1. The average molecular weight is 315 g/mol. The maximum atomic E-state index is 13.5. The second kappa shape index (κ2) is 7.22. The SMILES string of the molecule is CC(C)(C)Nc1ccnc(C(=O)NCCc2ccccc2F)c1. The van der Waals surface area contributed by atoms with Crippen LogP contribution in [0.15, 0.2) is 42.6 Å². The minimum atomic E-state index is -0.265. The van der Waals surface area contributed by atoms with Gasteiger partial charge in [0.15, 0.2) is 0 Å². The largest absolute Gasteiger partial charge is 0.380 e. The van der Waals surface area contributed by atoms with Gasteiger partial charge in [-0.25, -0.2) is 4.39 Å². The Kier molecular flexibility index (Phi) is 5.32. The molecule has 0 bridgehead atoms. The molecule has 0 radical (unpaired) electrons. The molecule has 0 saturated heterocycles. The van der Waals surface area contributed by atoms with Gasteiger partial charge in [0, 0.05) is 24.0 Å². The van der Waals surface area contributed by atoms with Crippen LogP contribution in [0, 0.1) is 5.82 Å². The van der Waals surface area contributed by atoms with Crippen molar-refractivity contribution in [1.82, 2.24) is 10.3 Å². The highest BCUT2D eigenvalue weighted by Crippen LogP contribution is 2.14. The zero-order valence-corrected chi connectivity index (χ0v) is 13.7. The van der Waals surface area contributed by atoms with Gasteiger partial charge in [0.2, 0.25) is 0 Å². The lowest BCUT2D eigenvalue weighted by Gasteiger charge is -2.22. The second-order valence-electron chi connectivity index (χ2n) is 6.40. The van der Waals surface area contributed by atoms with Crippen molar-refractivity contribution in [2.24, 2.45) is 0 Å². The first-order valence-corrected chi connectivity index (χ1v) is 7.61. The fraction of sp³-hybridized carbons (Fsp3) is 0.333. The van der Waals surface area contributed by atoms with Gasteiger partial charge in [-0.1, -0.05) is 18.2 Å². The monoisotopic (exact) mass is 315 g/mol. The van der Waals surface area contributed by atoms with Gasteiger partial charge in [-0.15, -0.1) is 0 Å². The first-order valence-electron chi connectivity index (χ1n) is 7.61. The summed E-state index contributed by atoms with van der Waals surface area (Å²) in [5.41, 5.74) is 1.67. The summed E-state index contributed by atoms with van der Waals surface area (Å²) in [7, 11) is 0. The molecule has 2 aromatic rings. The predicted octanol–water partition coefficient (Wildman–Crippen LogP) is 3.40. The summed E-state index contributed by atoms with van der Waals surface area (Å²) >= 11 is 0. The first kappa shape index (κ1) is 16.9. The molecule has 5 heteroatoms. The molecule has 2 N–H and O–H groups in total. The standard InChI is InChI=1S/C18H22FN3O/c1-18(2,3)22-14-9-11-20-16(12-14)17(23)21-10-8-13-6-4-5-7-15(13)19/h4-7,9,11-12H,8,10H2,1-3H3,(H,20,22)(H,21,23). The van der Waals surface area contributed by atoms with E-state index in [1.807, 2.05) is 26.8 Å². The minimum Gasteiger partial charge on any atom is -0.380 e. The third-order valence-electron chi connectivity index (χ3n) is 3.15. The van der Waals surface area contributed by atoms with Crippen molar-refractivity contribution in [2.75, 3.05) is 11.9 Å². The van der Waals surface area contributed by atoms with Crippen LogP contribution in [0.3, 0.4) is 0 Å². The molecular weight excluding hydrogens is 293 g/mol. The number of carbonyl (C=O) groups excluding carboxylic acids is 1. The second-order valence-corrected chi connectivity index (χ2v) is 6.40. The number of hydrogen-bond donors (Lipinski definition) is 2. The number of rotatable bonds is 5. The van der Waals surface area contributed by atoms with Crippen molar-refractivity contribution in [1.29, 1.82) is 0 Å². The van der Waals surface area contributed by atoms with Crippen LogP contribution in [-0.2, 0) is 6.42 Å².